The van der Waals surface area contributed by atoms with Gasteiger partial charge in [-0.25, -0.2) is 14.8 Å². The molecular weight excluding hydrogens is 282 g/mol. The molecule has 1 amide bonds. The first-order valence-corrected chi connectivity index (χ1v) is 7.74. The lowest BCUT2D eigenvalue weighted by Gasteiger charge is -2.37. The Balaban J connectivity index is 2.07. The molecule has 1 aromatic rings. The number of hydrogen-bond acceptors (Lipinski definition) is 4. The van der Waals surface area contributed by atoms with E-state index >= 15 is 0 Å². The number of rotatable bonds is 4. The van der Waals surface area contributed by atoms with Crippen LogP contribution in [0.1, 0.15) is 61.0 Å². The smallest absolute Gasteiger partial charge is 0.356 e. The normalized spacial score (nSPS) is 25.0. The van der Waals surface area contributed by atoms with Crippen LogP contribution >= 0.6 is 0 Å². The zero-order valence-corrected chi connectivity index (χ0v) is 13.2. The molecule has 1 heterocycles. The summed E-state index contributed by atoms with van der Waals surface area (Å²) in [6, 6.07) is 0.136. The molecule has 1 aliphatic carbocycles. The lowest BCUT2D eigenvalue weighted by molar-refractivity contribution is 0.0688. The SMILES string of the molecule is CC1CCC(C(C)C)C(NC(=O)c2cnc(C(=O)O)cn2)C1. The zero-order valence-electron chi connectivity index (χ0n) is 13.2. The van der Waals surface area contributed by atoms with E-state index in [9.17, 15) is 9.59 Å². The van der Waals surface area contributed by atoms with Gasteiger partial charge in [-0.05, 0) is 30.6 Å². The molecule has 0 radical (unpaired) electrons. The first-order valence-electron chi connectivity index (χ1n) is 7.74. The summed E-state index contributed by atoms with van der Waals surface area (Å²) in [4.78, 5) is 30.7. The van der Waals surface area contributed by atoms with Crippen molar-refractivity contribution in [2.45, 2.75) is 46.1 Å². The van der Waals surface area contributed by atoms with Crippen LogP contribution in [-0.4, -0.2) is 33.0 Å². The van der Waals surface area contributed by atoms with Gasteiger partial charge in [0.1, 0.15) is 5.69 Å². The molecule has 120 valence electrons. The Kier molecular flexibility index (Phi) is 5.11. The molecule has 1 fully saturated rings. The minimum atomic E-state index is -1.15. The quantitative estimate of drug-likeness (QED) is 0.891. The second-order valence-electron chi connectivity index (χ2n) is 6.50. The molecule has 2 rings (SSSR count). The molecule has 1 aromatic heterocycles. The second kappa shape index (κ2) is 6.85. The number of aromatic carboxylic acids is 1. The predicted octanol–water partition coefficient (Wildman–Crippen LogP) is 2.37. The van der Waals surface area contributed by atoms with Gasteiger partial charge in [-0.1, -0.05) is 27.2 Å². The summed E-state index contributed by atoms with van der Waals surface area (Å²) in [5.74, 6) is 0.139. The Bertz CT molecular complexity index is 542. The van der Waals surface area contributed by atoms with Crippen molar-refractivity contribution in [1.29, 1.82) is 0 Å². The van der Waals surface area contributed by atoms with E-state index < -0.39 is 5.97 Å². The maximum atomic E-state index is 12.3. The number of amides is 1. The van der Waals surface area contributed by atoms with Crippen LogP contribution in [0.5, 0.6) is 0 Å². The number of aromatic nitrogens is 2. The Labute approximate surface area is 130 Å². The predicted molar refractivity (Wildman–Crippen MR) is 81.6 cm³/mol. The standard InChI is InChI=1S/C16H23N3O3/c1-9(2)11-5-4-10(3)6-12(11)19-15(20)13-7-18-14(8-17-13)16(21)22/h7-12H,4-6H2,1-3H3,(H,19,20)(H,21,22). The van der Waals surface area contributed by atoms with Crippen LogP contribution in [0.25, 0.3) is 0 Å². The van der Waals surface area contributed by atoms with Crippen LogP contribution < -0.4 is 5.32 Å². The highest BCUT2D eigenvalue weighted by Gasteiger charge is 2.32. The second-order valence-corrected chi connectivity index (χ2v) is 6.50. The number of carbonyl (C=O) groups is 2. The van der Waals surface area contributed by atoms with E-state index in [4.69, 9.17) is 5.11 Å². The van der Waals surface area contributed by atoms with E-state index in [1.54, 1.807) is 0 Å². The zero-order chi connectivity index (χ0) is 16.3. The summed E-state index contributed by atoms with van der Waals surface area (Å²) in [5, 5.41) is 11.9. The van der Waals surface area contributed by atoms with Gasteiger partial charge in [0.05, 0.1) is 12.4 Å². The van der Waals surface area contributed by atoms with Crippen molar-refractivity contribution in [3.8, 4) is 0 Å². The Morgan fingerprint density at radius 1 is 1.23 bits per heavy atom. The van der Waals surface area contributed by atoms with Crippen molar-refractivity contribution >= 4 is 11.9 Å². The highest BCUT2D eigenvalue weighted by atomic mass is 16.4. The van der Waals surface area contributed by atoms with Crippen molar-refractivity contribution in [3.05, 3.63) is 23.8 Å². The summed E-state index contributed by atoms with van der Waals surface area (Å²) in [7, 11) is 0. The van der Waals surface area contributed by atoms with Crippen LogP contribution in [-0.2, 0) is 0 Å². The van der Waals surface area contributed by atoms with Crippen molar-refractivity contribution in [2.24, 2.45) is 17.8 Å². The van der Waals surface area contributed by atoms with Crippen molar-refractivity contribution in [3.63, 3.8) is 0 Å². The van der Waals surface area contributed by atoms with E-state index in [1.165, 1.54) is 12.6 Å². The van der Waals surface area contributed by atoms with Gasteiger partial charge < -0.3 is 10.4 Å². The molecule has 0 aliphatic heterocycles. The Hall–Kier alpha value is -1.98. The summed E-state index contributed by atoms with van der Waals surface area (Å²) in [6.07, 6.45) is 5.61. The maximum absolute atomic E-state index is 12.3. The highest BCUT2D eigenvalue weighted by molar-refractivity contribution is 5.92. The fourth-order valence-corrected chi connectivity index (χ4v) is 3.17. The summed E-state index contributed by atoms with van der Waals surface area (Å²) < 4.78 is 0. The molecular formula is C16H23N3O3. The molecule has 1 saturated carbocycles. The van der Waals surface area contributed by atoms with E-state index in [-0.39, 0.29) is 23.3 Å². The molecule has 0 saturated heterocycles. The summed E-state index contributed by atoms with van der Waals surface area (Å²) in [5.41, 5.74) is -0.00590. The number of hydrogen-bond donors (Lipinski definition) is 2. The van der Waals surface area contributed by atoms with Crippen LogP contribution in [0.15, 0.2) is 12.4 Å². The van der Waals surface area contributed by atoms with Gasteiger partial charge in [-0.3, -0.25) is 4.79 Å². The van der Waals surface area contributed by atoms with Gasteiger partial charge in [0, 0.05) is 6.04 Å². The fraction of sp³-hybridized carbons (Fsp3) is 0.625. The number of carboxylic acids is 1. The summed E-state index contributed by atoms with van der Waals surface area (Å²) in [6.45, 7) is 6.57. The molecule has 0 bridgehead atoms. The average Bonchev–Trinajstić information content (AvgIpc) is 2.47. The molecule has 6 nitrogen and oxygen atoms in total. The Morgan fingerprint density at radius 2 is 1.86 bits per heavy atom. The minimum Gasteiger partial charge on any atom is -0.476 e. The third kappa shape index (κ3) is 3.81. The molecule has 22 heavy (non-hydrogen) atoms. The van der Waals surface area contributed by atoms with Gasteiger partial charge in [0.25, 0.3) is 5.91 Å². The average molecular weight is 305 g/mol. The summed E-state index contributed by atoms with van der Waals surface area (Å²) >= 11 is 0. The number of nitrogens with zero attached hydrogens (tertiary/aromatic N) is 2. The minimum absolute atomic E-state index is 0.136. The van der Waals surface area contributed by atoms with E-state index in [2.05, 4.69) is 36.1 Å². The number of nitrogens with one attached hydrogen (secondary N) is 1. The third-order valence-corrected chi connectivity index (χ3v) is 4.44. The molecule has 0 aromatic carbocycles. The highest BCUT2D eigenvalue weighted by Crippen LogP contribution is 2.33. The maximum Gasteiger partial charge on any atom is 0.356 e. The lowest BCUT2D eigenvalue weighted by Crippen LogP contribution is -2.45. The van der Waals surface area contributed by atoms with E-state index in [0.29, 0.717) is 17.8 Å². The largest absolute Gasteiger partial charge is 0.476 e. The first kappa shape index (κ1) is 16.4. The van der Waals surface area contributed by atoms with Gasteiger partial charge in [0.2, 0.25) is 0 Å². The van der Waals surface area contributed by atoms with Crippen molar-refractivity contribution in [2.75, 3.05) is 0 Å². The first-order chi connectivity index (χ1) is 10.4. The molecule has 3 unspecified atom stereocenters. The molecule has 2 N–H and O–H groups in total. The van der Waals surface area contributed by atoms with Crippen LogP contribution in [0.4, 0.5) is 0 Å². The van der Waals surface area contributed by atoms with Gasteiger partial charge in [-0.15, -0.1) is 0 Å². The molecule has 0 spiro atoms. The van der Waals surface area contributed by atoms with E-state index in [1.807, 2.05) is 0 Å². The van der Waals surface area contributed by atoms with Crippen LogP contribution in [0.3, 0.4) is 0 Å². The van der Waals surface area contributed by atoms with E-state index in [0.717, 1.165) is 19.0 Å². The Morgan fingerprint density at radius 3 is 2.41 bits per heavy atom. The van der Waals surface area contributed by atoms with Crippen LogP contribution in [0, 0.1) is 17.8 Å². The third-order valence-electron chi connectivity index (χ3n) is 4.44. The number of carbonyl (C=O) groups excluding carboxylic acids is 1. The van der Waals surface area contributed by atoms with Gasteiger partial charge in [0.15, 0.2) is 5.69 Å². The topological polar surface area (TPSA) is 92.2 Å². The lowest BCUT2D eigenvalue weighted by atomic mass is 9.74. The molecule has 6 heteroatoms. The monoisotopic (exact) mass is 305 g/mol. The van der Waals surface area contributed by atoms with Crippen molar-refractivity contribution < 1.29 is 14.7 Å². The van der Waals surface area contributed by atoms with Gasteiger partial charge in [-0.2, -0.15) is 0 Å². The van der Waals surface area contributed by atoms with Crippen molar-refractivity contribution in [1.82, 2.24) is 15.3 Å². The van der Waals surface area contributed by atoms with Crippen LogP contribution in [0.2, 0.25) is 0 Å². The number of carboxylic acid groups (broad SMARTS) is 1. The fourth-order valence-electron chi connectivity index (χ4n) is 3.17. The molecule has 3 atom stereocenters. The van der Waals surface area contributed by atoms with Gasteiger partial charge >= 0.3 is 5.97 Å². The molecule has 1 aliphatic rings.